The van der Waals surface area contributed by atoms with Gasteiger partial charge in [0, 0.05) is 23.2 Å². The zero-order chi connectivity index (χ0) is 23.8. The first kappa shape index (κ1) is 23.7. The SMILES string of the molecule is Cc1cc(NC(=O)CN2C(=O)COc3ccc(S(=O)(=O)N4CCC(C)CC4)cc32)ccc1Br. The minimum atomic E-state index is -3.71. The largest absolute Gasteiger partial charge is 0.482 e. The minimum absolute atomic E-state index is 0.0862. The van der Waals surface area contributed by atoms with E-state index in [-0.39, 0.29) is 23.7 Å². The number of hydrogen-bond acceptors (Lipinski definition) is 5. The number of hydrogen-bond donors (Lipinski definition) is 1. The molecule has 0 bridgehead atoms. The number of anilines is 2. The summed E-state index contributed by atoms with van der Waals surface area (Å²) in [7, 11) is -3.71. The number of sulfonamides is 1. The van der Waals surface area contributed by atoms with E-state index in [0.717, 1.165) is 22.9 Å². The zero-order valence-electron chi connectivity index (χ0n) is 18.5. The molecule has 1 N–H and O–H groups in total. The number of aryl methyl sites for hydroxylation is 1. The second-order valence-electron chi connectivity index (χ2n) is 8.50. The molecule has 0 aliphatic carbocycles. The van der Waals surface area contributed by atoms with E-state index in [4.69, 9.17) is 4.74 Å². The molecule has 1 fully saturated rings. The Kier molecular flexibility index (Phi) is 6.78. The van der Waals surface area contributed by atoms with Crippen LogP contribution in [-0.4, -0.2) is 50.8 Å². The average Bonchev–Trinajstić information content (AvgIpc) is 2.78. The fraction of sp³-hybridized carbons (Fsp3) is 0.391. The van der Waals surface area contributed by atoms with Crippen molar-refractivity contribution < 1.29 is 22.7 Å². The third kappa shape index (κ3) is 5.07. The average molecular weight is 536 g/mol. The highest BCUT2D eigenvalue weighted by Gasteiger charge is 2.32. The van der Waals surface area contributed by atoms with E-state index in [0.29, 0.717) is 30.4 Å². The van der Waals surface area contributed by atoms with Gasteiger partial charge in [-0.2, -0.15) is 4.31 Å². The summed E-state index contributed by atoms with van der Waals surface area (Å²) in [5, 5.41) is 2.79. The molecule has 2 heterocycles. The summed E-state index contributed by atoms with van der Waals surface area (Å²) in [6, 6.07) is 9.87. The van der Waals surface area contributed by atoms with Crippen molar-refractivity contribution in [2.75, 3.05) is 36.5 Å². The van der Waals surface area contributed by atoms with E-state index in [1.165, 1.54) is 21.3 Å². The molecule has 0 atom stereocenters. The number of rotatable bonds is 5. The van der Waals surface area contributed by atoms with Crippen LogP contribution in [0.15, 0.2) is 45.8 Å². The molecule has 1 saturated heterocycles. The molecule has 33 heavy (non-hydrogen) atoms. The lowest BCUT2D eigenvalue weighted by Crippen LogP contribution is -2.43. The number of piperidine rings is 1. The highest BCUT2D eigenvalue weighted by Crippen LogP contribution is 2.35. The second-order valence-corrected chi connectivity index (χ2v) is 11.3. The van der Waals surface area contributed by atoms with Crippen LogP contribution < -0.4 is 15.0 Å². The minimum Gasteiger partial charge on any atom is -0.482 e. The van der Waals surface area contributed by atoms with E-state index in [1.807, 2.05) is 19.1 Å². The lowest BCUT2D eigenvalue weighted by molar-refractivity contribution is -0.123. The fourth-order valence-electron chi connectivity index (χ4n) is 3.96. The maximum absolute atomic E-state index is 13.2. The van der Waals surface area contributed by atoms with Gasteiger partial charge in [0.2, 0.25) is 15.9 Å². The lowest BCUT2D eigenvalue weighted by atomic mass is 10.0. The third-order valence-corrected chi connectivity index (χ3v) is 8.78. The molecule has 2 aromatic rings. The summed E-state index contributed by atoms with van der Waals surface area (Å²) < 4.78 is 34.3. The van der Waals surface area contributed by atoms with E-state index >= 15 is 0 Å². The van der Waals surface area contributed by atoms with Gasteiger partial charge < -0.3 is 10.1 Å². The van der Waals surface area contributed by atoms with Gasteiger partial charge in [-0.05, 0) is 67.6 Å². The highest BCUT2D eigenvalue weighted by atomic mass is 79.9. The van der Waals surface area contributed by atoms with Gasteiger partial charge in [-0.1, -0.05) is 22.9 Å². The molecule has 2 aliphatic rings. The molecular formula is C23H26BrN3O5S. The van der Waals surface area contributed by atoms with Gasteiger partial charge in [0.1, 0.15) is 12.3 Å². The van der Waals surface area contributed by atoms with E-state index in [2.05, 4.69) is 28.2 Å². The third-order valence-electron chi connectivity index (χ3n) is 6.00. The molecule has 0 spiro atoms. The van der Waals surface area contributed by atoms with Crippen LogP contribution in [0.5, 0.6) is 5.75 Å². The number of carbonyl (C=O) groups is 2. The number of fused-ring (bicyclic) bond motifs is 1. The first-order chi connectivity index (χ1) is 15.6. The number of amides is 2. The molecule has 2 aromatic carbocycles. The van der Waals surface area contributed by atoms with Gasteiger partial charge in [-0.3, -0.25) is 14.5 Å². The topological polar surface area (TPSA) is 96.0 Å². The van der Waals surface area contributed by atoms with Crippen molar-refractivity contribution in [3.63, 3.8) is 0 Å². The number of ether oxygens (including phenoxy) is 1. The van der Waals surface area contributed by atoms with Crippen LogP contribution in [0.4, 0.5) is 11.4 Å². The summed E-state index contributed by atoms with van der Waals surface area (Å²) in [5.41, 5.74) is 1.85. The normalized spacial score (nSPS) is 17.4. The first-order valence-corrected chi connectivity index (χ1v) is 13.0. The number of halogens is 1. The molecule has 0 unspecified atom stereocenters. The molecule has 176 valence electrons. The van der Waals surface area contributed by atoms with Crippen molar-refractivity contribution in [3.8, 4) is 5.75 Å². The summed E-state index contributed by atoms with van der Waals surface area (Å²) >= 11 is 3.42. The maximum atomic E-state index is 13.2. The smallest absolute Gasteiger partial charge is 0.265 e. The molecule has 0 aromatic heterocycles. The van der Waals surface area contributed by atoms with Crippen LogP contribution in [0, 0.1) is 12.8 Å². The van der Waals surface area contributed by atoms with Crippen molar-refractivity contribution in [3.05, 3.63) is 46.4 Å². The molecule has 0 saturated carbocycles. The Morgan fingerprint density at radius 2 is 1.91 bits per heavy atom. The van der Waals surface area contributed by atoms with Crippen molar-refractivity contribution in [1.29, 1.82) is 0 Å². The first-order valence-electron chi connectivity index (χ1n) is 10.8. The van der Waals surface area contributed by atoms with Gasteiger partial charge in [-0.15, -0.1) is 0 Å². The van der Waals surface area contributed by atoms with Crippen LogP contribution in [0.25, 0.3) is 0 Å². The molecule has 8 nitrogen and oxygen atoms in total. The number of benzene rings is 2. The summed E-state index contributed by atoms with van der Waals surface area (Å²) in [4.78, 5) is 26.7. The molecule has 2 amide bonds. The molecule has 2 aliphatic heterocycles. The van der Waals surface area contributed by atoms with Crippen LogP contribution in [0.3, 0.4) is 0 Å². The Morgan fingerprint density at radius 3 is 2.61 bits per heavy atom. The predicted molar refractivity (Wildman–Crippen MR) is 129 cm³/mol. The van der Waals surface area contributed by atoms with Crippen LogP contribution >= 0.6 is 15.9 Å². The summed E-state index contributed by atoms with van der Waals surface area (Å²) in [6.07, 6.45) is 1.63. The van der Waals surface area contributed by atoms with Gasteiger partial charge in [-0.25, -0.2) is 8.42 Å². The van der Waals surface area contributed by atoms with Crippen LogP contribution in [-0.2, 0) is 19.6 Å². The Bertz CT molecular complexity index is 1190. The van der Waals surface area contributed by atoms with Gasteiger partial charge in [0.25, 0.3) is 5.91 Å². The second kappa shape index (κ2) is 9.44. The van der Waals surface area contributed by atoms with Crippen molar-refractivity contribution >= 4 is 49.1 Å². The molecule has 4 rings (SSSR count). The van der Waals surface area contributed by atoms with Crippen LogP contribution in [0.1, 0.15) is 25.3 Å². The van der Waals surface area contributed by atoms with Crippen molar-refractivity contribution in [2.24, 2.45) is 5.92 Å². The van der Waals surface area contributed by atoms with E-state index in [1.54, 1.807) is 12.1 Å². The predicted octanol–water partition coefficient (Wildman–Crippen LogP) is 3.54. The van der Waals surface area contributed by atoms with E-state index in [9.17, 15) is 18.0 Å². The Balaban J connectivity index is 1.57. The lowest BCUT2D eigenvalue weighted by Gasteiger charge is -2.31. The maximum Gasteiger partial charge on any atom is 0.265 e. The number of nitrogens with zero attached hydrogens (tertiary/aromatic N) is 2. The van der Waals surface area contributed by atoms with Gasteiger partial charge in [0.15, 0.2) is 6.61 Å². The Labute approximate surface area is 202 Å². The zero-order valence-corrected chi connectivity index (χ0v) is 20.9. The molecule has 0 radical (unpaired) electrons. The Hall–Kier alpha value is -2.43. The molecule has 10 heteroatoms. The van der Waals surface area contributed by atoms with Crippen LogP contribution in [0.2, 0.25) is 0 Å². The summed E-state index contributed by atoms with van der Waals surface area (Å²) in [6.45, 7) is 4.49. The number of carbonyl (C=O) groups excluding carboxylic acids is 2. The molecular weight excluding hydrogens is 510 g/mol. The highest BCUT2D eigenvalue weighted by molar-refractivity contribution is 9.10. The van der Waals surface area contributed by atoms with Gasteiger partial charge >= 0.3 is 0 Å². The fourth-order valence-corrected chi connectivity index (χ4v) is 5.69. The monoisotopic (exact) mass is 535 g/mol. The van der Waals surface area contributed by atoms with Crippen molar-refractivity contribution in [1.82, 2.24) is 4.31 Å². The van der Waals surface area contributed by atoms with E-state index < -0.39 is 21.8 Å². The van der Waals surface area contributed by atoms with Crippen molar-refractivity contribution in [2.45, 2.75) is 31.6 Å². The summed E-state index contributed by atoms with van der Waals surface area (Å²) in [5.74, 6) is 0.0600. The standard InChI is InChI=1S/C23H26BrN3O5S/c1-15-7-9-26(10-8-15)33(30,31)18-4-6-21-20(12-18)27(23(29)14-32-21)13-22(28)25-17-3-5-19(24)16(2)11-17/h3-6,11-12,15H,7-10,13-14H2,1-2H3,(H,25,28). The number of nitrogens with one attached hydrogen (secondary N) is 1. The Morgan fingerprint density at radius 1 is 1.18 bits per heavy atom. The van der Waals surface area contributed by atoms with Gasteiger partial charge in [0.05, 0.1) is 10.6 Å². The quantitative estimate of drug-likeness (QED) is 0.631.